The third-order valence-corrected chi connectivity index (χ3v) is 3.29. The van der Waals surface area contributed by atoms with E-state index in [1.54, 1.807) is 0 Å². The van der Waals surface area contributed by atoms with E-state index in [1.807, 2.05) is 0 Å². The highest BCUT2D eigenvalue weighted by Gasteiger charge is 2.47. The topological polar surface area (TPSA) is 169 Å². The van der Waals surface area contributed by atoms with Crippen molar-refractivity contribution in [3.63, 3.8) is 0 Å². The fourth-order valence-electron chi connectivity index (χ4n) is 2.27. The molecule has 0 aromatic carbocycles. The van der Waals surface area contributed by atoms with Crippen LogP contribution in [0.2, 0.25) is 0 Å². The van der Waals surface area contributed by atoms with Crippen LogP contribution in [0.3, 0.4) is 0 Å². The molecule has 0 fully saturated rings. The minimum atomic E-state index is -2.47. The molecule has 0 radical (unpaired) electrons. The lowest BCUT2D eigenvalue weighted by Gasteiger charge is -2.25. The summed E-state index contributed by atoms with van der Waals surface area (Å²) in [4.78, 5) is 52.3. The van der Waals surface area contributed by atoms with E-state index in [-0.39, 0.29) is 17.0 Å². The largest absolute Gasteiger partial charge is 0.391 e. The van der Waals surface area contributed by atoms with Crippen molar-refractivity contribution in [3.05, 3.63) is 0 Å². The van der Waals surface area contributed by atoms with Crippen LogP contribution in [-0.4, -0.2) is 48.3 Å². The van der Waals surface area contributed by atoms with Crippen LogP contribution < -0.4 is 20.0 Å². The van der Waals surface area contributed by atoms with E-state index in [9.17, 15) is 19.5 Å². The maximum absolute atomic E-state index is 12.2. The molecule has 12 nitrogen and oxygen atoms in total. The minimum absolute atomic E-state index is 0.0768. The SMILES string of the molecule is Nc1nc2nc3nc4n(c13)OC(=O)C(O)(CC(=O)O2)CC(=O)O4. The average Bonchev–Trinajstić information content (AvgIpc) is 2.73. The van der Waals surface area contributed by atoms with E-state index in [1.165, 1.54) is 0 Å². The molecule has 3 aliphatic heterocycles. The third kappa shape index (κ3) is 1.88. The van der Waals surface area contributed by atoms with Crippen LogP contribution in [0.1, 0.15) is 12.8 Å². The molecule has 3 N–H and O–H groups in total. The summed E-state index contributed by atoms with van der Waals surface area (Å²) in [7, 11) is 0. The Labute approximate surface area is 125 Å². The van der Waals surface area contributed by atoms with E-state index >= 15 is 0 Å². The van der Waals surface area contributed by atoms with E-state index in [0.717, 1.165) is 0 Å². The first-order chi connectivity index (χ1) is 10.9. The van der Waals surface area contributed by atoms with Crippen molar-refractivity contribution in [2.24, 2.45) is 0 Å². The number of ether oxygens (including phenoxy) is 2. The molecule has 1 unspecified atom stereocenters. The monoisotopic (exact) mass is 321 g/mol. The van der Waals surface area contributed by atoms with Gasteiger partial charge in [-0.1, -0.05) is 0 Å². The van der Waals surface area contributed by atoms with Gasteiger partial charge in [0.05, 0.1) is 12.8 Å². The molecule has 118 valence electrons. The normalized spacial score (nSPS) is 23.4. The third-order valence-electron chi connectivity index (χ3n) is 3.29. The first kappa shape index (κ1) is 13.4. The van der Waals surface area contributed by atoms with Crippen molar-refractivity contribution in [2.45, 2.75) is 18.4 Å². The summed E-state index contributed by atoms with van der Waals surface area (Å²) in [5, 5.41) is 10.3. The Morgan fingerprint density at radius 1 is 1.09 bits per heavy atom. The van der Waals surface area contributed by atoms with Crippen LogP contribution in [0.4, 0.5) is 5.82 Å². The Balaban J connectivity index is 2.08. The van der Waals surface area contributed by atoms with Gasteiger partial charge >= 0.3 is 29.9 Å². The number of esters is 2. The molecule has 0 saturated carbocycles. The van der Waals surface area contributed by atoms with Crippen molar-refractivity contribution in [2.75, 3.05) is 5.73 Å². The summed E-state index contributed by atoms with van der Waals surface area (Å²) in [5.74, 6) is -3.56. The molecule has 0 amide bonds. The first-order valence-electron chi connectivity index (χ1n) is 6.28. The zero-order chi connectivity index (χ0) is 16.4. The standard InChI is InChI=1S/C11H7N5O7/c12-6-5-7-14-9(13-6)21-3(17)1-11(20)2-4(18)22-10(15-7)16(5)23-8(11)19/h20H,1-2H2,(H2,12,13,14). The molecule has 0 spiro atoms. The van der Waals surface area contributed by atoms with Gasteiger partial charge in [0.2, 0.25) is 0 Å². The van der Waals surface area contributed by atoms with E-state index in [0.29, 0.717) is 4.73 Å². The number of aliphatic hydroxyl groups is 1. The Morgan fingerprint density at radius 3 is 2.52 bits per heavy atom. The molecule has 5 heterocycles. The summed E-state index contributed by atoms with van der Waals surface area (Å²) in [6, 6.07) is -0.828. The maximum Gasteiger partial charge on any atom is 0.365 e. The van der Waals surface area contributed by atoms with Crippen LogP contribution >= 0.6 is 0 Å². The Bertz CT molecular complexity index is 906. The van der Waals surface area contributed by atoms with E-state index < -0.39 is 48.4 Å². The summed E-state index contributed by atoms with van der Waals surface area (Å²) in [5.41, 5.74) is 3.05. The summed E-state index contributed by atoms with van der Waals surface area (Å²) in [6.07, 6.45) is -1.68. The number of imidazole rings is 1. The molecule has 5 bridgehead atoms. The minimum Gasteiger partial charge on any atom is -0.391 e. The van der Waals surface area contributed by atoms with Crippen molar-refractivity contribution in [1.82, 2.24) is 19.7 Å². The zero-order valence-electron chi connectivity index (χ0n) is 11.2. The molecule has 5 rings (SSSR count). The number of nitrogen functional groups attached to an aromatic ring is 1. The van der Waals surface area contributed by atoms with Gasteiger partial charge in [-0.15, -0.1) is 4.73 Å². The van der Waals surface area contributed by atoms with Crippen LogP contribution in [-0.2, 0) is 14.4 Å². The number of nitrogens with two attached hydrogens (primary N) is 1. The van der Waals surface area contributed by atoms with Gasteiger partial charge < -0.3 is 25.2 Å². The zero-order valence-corrected chi connectivity index (χ0v) is 11.2. The maximum atomic E-state index is 12.2. The molecule has 2 aromatic rings. The van der Waals surface area contributed by atoms with Gasteiger partial charge in [-0.25, -0.2) is 4.79 Å². The number of rotatable bonds is 0. The van der Waals surface area contributed by atoms with Gasteiger partial charge in [0.25, 0.3) is 0 Å². The van der Waals surface area contributed by atoms with Crippen molar-refractivity contribution in [1.29, 1.82) is 0 Å². The highest BCUT2D eigenvalue weighted by Crippen LogP contribution is 2.30. The van der Waals surface area contributed by atoms with Gasteiger partial charge in [0.15, 0.2) is 22.6 Å². The van der Waals surface area contributed by atoms with Gasteiger partial charge in [-0.2, -0.15) is 15.0 Å². The van der Waals surface area contributed by atoms with Gasteiger partial charge in [-0.05, 0) is 0 Å². The molecule has 0 aliphatic carbocycles. The number of aromatic nitrogens is 4. The summed E-state index contributed by atoms with van der Waals surface area (Å²) < 4.78 is 10.4. The number of anilines is 1. The van der Waals surface area contributed by atoms with Crippen molar-refractivity contribution < 1.29 is 33.8 Å². The van der Waals surface area contributed by atoms with Gasteiger partial charge in [0, 0.05) is 0 Å². The number of fused-ring (bicyclic) bond motifs is 3. The molecular formula is C11H7N5O7. The lowest BCUT2D eigenvalue weighted by atomic mass is 9.96. The second kappa shape index (κ2) is 4.13. The molecule has 2 aromatic heterocycles. The van der Waals surface area contributed by atoms with Crippen LogP contribution in [0.25, 0.3) is 11.2 Å². The molecule has 23 heavy (non-hydrogen) atoms. The van der Waals surface area contributed by atoms with Gasteiger partial charge in [0.1, 0.15) is 0 Å². The van der Waals surface area contributed by atoms with Gasteiger partial charge in [-0.3, -0.25) is 9.59 Å². The lowest BCUT2D eigenvalue weighted by molar-refractivity contribution is -0.178. The predicted octanol–water partition coefficient (Wildman–Crippen LogP) is -2.29. The highest BCUT2D eigenvalue weighted by molar-refractivity contribution is 5.93. The quantitative estimate of drug-likeness (QED) is 0.501. The average molecular weight is 321 g/mol. The smallest absolute Gasteiger partial charge is 0.365 e. The van der Waals surface area contributed by atoms with Crippen LogP contribution in [0.15, 0.2) is 0 Å². The second-order valence-electron chi connectivity index (χ2n) is 4.96. The van der Waals surface area contributed by atoms with Crippen LogP contribution in [0.5, 0.6) is 12.0 Å². The van der Waals surface area contributed by atoms with E-state index in [2.05, 4.69) is 15.0 Å². The molecule has 0 saturated heterocycles. The Morgan fingerprint density at radius 2 is 1.78 bits per heavy atom. The number of hydrogen-bond donors (Lipinski definition) is 2. The lowest BCUT2D eigenvalue weighted by Crippen LogP contribution is -2.50. The van der Waals surface area contributed by atoms with E-state index in [4.69, 9.17) is 20.0 Å². The Kier molecular flexibility index (Phi) is 2.40. The number of nitrogens with zero attached hydrogens (tertiary/aromatic N) is 4. The van der Waals surface area contributed by atoms with Crippen molar-refractivity contribution >= 4 is 34.9 Å². The van der Waals surface area contributed by atoms with Crippen LogP contribution in [0, 0.1) is 0 Å². The fraction of sp³-hybridized carbons (Fsp3) is 0.273. The summed E-state index contributed by atoms with van der Waals surface area (Å²) in [6.45, 7) is 0. The number of carbonyl (C=O) groups is 3. The number of hydrogen-bond acceptors (Lipinski definition) is 11. The molecule has 1 atom stereocenters. The molecule has 3 aliphatic rings. The molecular weight excluding hydrogens is 314 g/mol. The molecule has 12 heteroatoms. The predicted molar refractivity (Wildman–Crippen MR) is 66.8 cm³/mol. The first-order valence-corrected chi connectivity index (χ1v) is 6.28. The second-order valence-corrected chi connectivity index (χ2v) is 4.96. The van der Waals surface area contributed by atoms with Crippen molar-refractivity contribution in [3.8, 4) is 12.0 Å². The highest BCUT2D eigenvalue weighted by atomic mass is 16.7. The Hall–Kier alpha value is -3.28. The summed E-state index contributed by atoms with van der Waals surface area (Å²) >= 11 is 0. The number of carbonyl (C=O) groups excluding carboxylic acids is 3. The fourth-order valence-corrected chi connectivity index (χ4v) is 2.27.